The molecule has 0 amide bonds. The molecule has 0 spiro atoms. The van der Waals surface area contributed by atoms with E-state index in [9.17, 15) is 20.2 Å². The SMILES string of the molecule is CC(C#CC1=CCCCC1)=NNc1ccc([N+](=O)[O-])cc1[N+](=O)[O-]. The van der Waals surface area contributed by atoms with Gasteiger partial charge in [0, 0.05) is 6.07 Å². The van der Waals surface area contributed by atoms with Gasteiger partial charge in [-0.1, -0.05) is 12.0 Å². The van der Waals surface area contributed by atoms with Gasteiger partial charge < -0.3 is 0 Å². The lowest BCUT2D eigenvalue weighted by Gasteiger charge is -2.05. The van der Waals surface area contributed by atoms with Gasteiger partial charge in [0.15, 0.2) is 0 Å². The Morgan fingerprint density at radius 1 is 1.25 bits per heavy atom. The first-order valence-corrected chi connectivity index (χ1v) is 7.41. The zero-order valence-electron chi connectivity index (χ0n) is 13.1. The van der Waals surface area contributed by atoms with Crippen LogP contribution in [0.5, 0.6) is 0 Å². The summed E-state index contributed by atoms with van der Waals surface area (Å²) in [7, 11) is 0. The smallest absolute Gasteiger partial charge is 0.271 e. The predicted molar refractivity (Wildman–Crippen MR) is 90.8 cm³/mol. The van der Waals surface area contributed by atoms with E-state index in [1.165, 1.54) is 18.6 Å². The van der Waals surface area contributed by atoms with E-state index in [0.717, 1.165) is 30.9 Å². The van der Waals surface area contributed by atoms with Crippen LogP contribution in [0.3, 0.4) is 0 Å². The molecule has 1 N–H and O–H groups in total. The molecular weight excluding hydrogens is 312 g/mol. The van der Waals surface area contributed by atoms with E-state index < -0.39 is 15.5 Å². The summed E-state index contributed by atoms with van der Waals surface area (Å²) >= 11 is 0. The minimum Gasteiger partial charge on any atom is -0.271 e. The molecule has 1 aliphatic carbocycles. The van der Waals surface area contributed by atoms with Gasteiger partial charge in [-0.15, -0.1) is 0 Å². The summed E-state index contributed by atoms with van der Waals surface area (Å²) in [6, 6.07) is 3.33. The predicted octanol–water partition coefficient (Wildman–Crippen LogP) is 3.79. The van der Waals surface area contributed by atoms with Crippen molar-refractivity contribution < 1.29 is 9.85 Å². The maximum Gasteiger partial charge on any atom is 0.301 e. The second kappa shape index (κ2) is 7.87. The van der Waals surface area contributed by atoms with E-state index >= 15 is 0 Å². The van der Waals surface area contributed by atoms with E-state index in [1.807, 2.05) is 0 Å². The fraction of sp³-hybridized carbons (Fsp3) is 0.312. The van der Waals surface area contributed by atoms with Crippen molar-refractivity contribution in [2.24, 2.45) is 5.10 Å². The molecule has 8 nitrogen and oxygen atoms in total. The molecule has 2 rings (SSSR count). The van der Waals surface area contributed by atoms with E-state index in [-0.39, 0.29) is 11.4 Å². The van der Waals surface area contributed by atoms with Crippen LogP contribution < -0.4 is 5.43 Å². The Labute approximate surface area is 138 Å². The molecule has 124 valence electrons. The number of nitro benzene ring substituents is 2. The second-order valence-electron chi connectivity index (χ2n) is 5.25. The first kappa shape index (κ1) is 17.1. The molecule has 0 aliphatic heterocycles. The minimum absolute atomic E-state index is 0.0728. The van der Waals surface area contributed by atoms with Crippen molar-refractivity contribution >= 4 is 22.8 Å². The van der Waals surface area contributed by atoms with Gasteiger partial charge in [-0.25, -0.2) is 0 Å². The van der Waals surface area contributed by atoms with Crippen LogP contribution in [0.25, 0.3) is 0 Å². The van der Waals surface area contributed by atoms with E-state index in [1.54, 1.807) is 6.92 Å². The summed E-state index contributed by atoms with van der Waals surface area (Å²) < 4.78 is 0. The Hall–Kier alpha value is -3.21. The number of nitrogens with zero attached hydrogens (tertiary/aromatic N) is 3. The average Bonchev–Trinajstić information content (AvgIpc) is 2.58. The Morgan fingerprint density at radius 2 is 2.04 bits per heavy atom. The molecular formula is C16H16N4O4. The van der Waals surface area contributed by atoms with Gasteiger partial charge >= 0.3 is 5.69 Å². The topological polar surface area (TPSA) is 111 Å². The Balaban J connectivity index is 2.15. The lowest BCUT2D eigenvalue weighted by atomic mass is 10.00. The third kappa shape index (κ3) is 4.64. The number of hydrazone groups is 1. The summed E-state index contributed by atoms with van der Waals surface area (Å²) in [5.41, 5.74) is 3.41. The zero-order valence-corrected chi connectivity index (χ0v) is 13.1. The highest BCUT2D eigenvalue weighted by atomic mass is 16.6. The summed E-state index contributed by atoms with van der Waals surface area (Å²) in [5.74, 6) is 5.93. The minimum atomic E-state index is -0.696. The van der Waals surface area contributed by atoms with Crippen molar-refractivity contribution in [3.63, 3.8) is 0 Å². The van der Waals surface area contributed by atoms with Crippen LogP contribution in [0, 0.1) is 32.1 Å². The Kier molecular flexibility index (Phi) is 5.63. The number of anilines is 1. The number of nitrogens with one attached hydrogen (secondary N) is 1. The van der Waals surface area contributed by atoms with E-state index in [4.69, 9.17) is 0 Å². The van der Waals surface area contributed by atoms with Crippen molar-refractivity contribution in [3.8, 4) is 11.8 Å². The van der Waals surface area contributed by atoms with Crippen LogP contribution in [0.15, 0.2) is 34.9 Å². The Bertz CT molecular complexity index is 787. The molecule has 0 atom stereocenters. The standard InChI is InChI=1S/C16H16N4O4/c1-12(7-8-13-5-3-2-4-6-13)17-18-15-10-9-14(19(21)22)11-16(15)20(23)24/h5,9-11,18H,2-4,6H2,1H3. The summed E-state index contributed by atoms with van der Waals surface area (Å²) in [6.07, 6.45) is 6.42. The van der Waals surface area contributed by atoms with Crippen LogP contribution in [0.4, 0.5) is 17.1 Å². The molecule has 0 radical (unpaired) electrons. The number of hydrogen-bond donors (Lipinski definition) is 1. The van der Waals surface area contributed by atoms with E-state index in [0.29, 0.717) is 5.71 Å². The fourth-order valence-electron chi connectivity index (χ4n) is 2.17. The highest BCUT2D eigenvalue weighted by molar-refractivity contribution is 5.99. The van der Waals surface area contributed by atoms with Crippen molar-refractivity contribution in [1.82, 2.24) is 0 Å². The molecule has 8 heteroatoms. The number of nitro groups is 2. The highest BCUT2D eigenvalue weighted by Crippen LogP contribution is 2.28. The molecule has 0 heterocycles. The molecule has 0 unspecified atom stereocenters. The average molecular weight is 328 g/mol. The van der Waals surface area contributed by atoms with Crippen molar-refractivity contribution in [1.29, 1.82) is 0 Å². The number of benzene rings is 1. The zero-order chi connectivity index (χ0) is 17.5. The van der Waals surface area contributed by atoms with Gasteiger partial charge in [0.25, 0.3) is 5.69 Å². The number of hydrogen-bond acceptors (Lipinski definition) is 6. The quantitative estimate of drug-likeness (QED) is 0.391. The number of rotatable bonds is 4. The van der Waals surface area contributed by atoms with Crippen LogP contribution in [0.2, 0.25) is 0 Å². The van der Waals surface area contributed by atoms with Gasteiger partial charge in [0.05, 0.1) is 15.9 Å². The summed E-state index contributed by atoms with van der Waals surface area (Å²) in [6.45, 7) is 1.68. The van der Waals surface area contributed by atoms with Crippen LogP contribution >= 0.6 is 0 Å². The molecule has 0 bridgehead atoms. The van der Waals surface area contributed by atoms with Gasteiger partial charge in [-0.2, -0.15) is 5.10 Å². The molecule has 24 heavy (non-hydrogen) atoms. The normalized spacial score (nSPS) is 14.2. The summed E-state index contributed by atoms with van der Waals surface area (Å²) in [5, 5.41) is 25.7. The van der Waals surface area contributed by atoms with Crippen LogP contribution in [0.1, 0.15) is 32.6 Å². The van der Waals surface area contributed by atoms with Crippen LogP contribution in [-0.4, -0.2) is 15.6 Å². The fourth-order valence-corrected chi connectivity index (χ4v) is 2.17. The highest BCUT2D eigenvalue weighted by Gasteiger charge is 2.19. The van der Waals surface area contributed by atoms with Crippen molar-refractivity contribution in [2.45, 2.75) is 32.6 Å². The maximum atomic E-state index is 11.0. The summed E-state index contributed by atoms with van der Waals surface area (Å²) in [4.78, 5) is 20.4. The Morgan fingerprint density at radius 3 is 2.67 bits per heavy atom. The molecule has 0 saturated carbocycles. The molecule has 1 aromatic carbocycles. The van der Waals surface area contributed by atoms with Gasteiger partial charge in [0.2, 0.25) is 0 Å². The lowest BCUT2D eigenvalue weighted by Crippen LogP contribution is -2.00. The third-order valence-electron chi connectivity index (χ3n) is 3.43. The largest absolute Gasteiger partial charge is 0.301 e. The molecule has 1 aliphatic rings. The second-order valence-corrected chi connectivity index (χ2v) is 5.25. The molecule has 0 fully saturated rings. The van der Waals surface area contributed by atoms with Crippen molar-refractivity contribution in [3.05, 3.63) is 50.1 Å². The van der Waals surface area contributed by atoms with Gasteiger partial charge in [-0.05, 0) is 50.2 Å². The third-order valence-corrected chi connectivity index (χ3v) is 3.43. The first-order chi connectivity index (χ1) is 11.5. The van der Waals surface area contributed by atoms with E-state index in [2.05, 4.69) is 28.4 Å². The number of allylic oxidation sites excluding steroid dienone is 2. The maximum absolute atomic E-state index is 11.0. The van der Waals surface area contributed by atoms with Crippen molar-refractivity contribution in [2.75, 3.05) is 5.43 Å². The molecule has 0 saturated heterocycles. The lowest BCUT2D eigenvalue weighted by molar-refractivity contribution is -0.393. The number of non-ortho nitro benzene ring substituents is 1. The van der Waals surface area contributed by atoms with Gasteiger partial charge in [-0.3, -0.25) is 25.7 Å². The van der Waals surface area contributed by atoms with Gasteiger partial charge in [0.1, 0.15) is 11.4 Å². The monoisotopic (exact) mass is 328 g/mol. The first-order valence-electron chi connectivity index (χ1n) is 7.41. The molecule has 0 aromatic heterocycles. The van der Waals surface area contributed by atoms with Crippen LogP contribution in [-0.2, 0) is 0 Å². The molecule has 1 aromatic rings.